The summed E-state index contributed by atoms with van der Waals surface area (Å²) in [7, 11) is 0. The summed E-state index contributed by atoms with van der Waals surface area (Å²) in [6, 6.07) is 5.17. The van der Waals surface area contributed by atoms with Crippen molar-refractivity contribution in [3.63, 3.8) is 0 Å². The highest BCUT2D eigenvalue weighted by atomic mass is 16.8. The SMILES string of the molecule is O=C(O)c1ccccc1C(=O)OC(O)(O)COCCO. The lowest BCUT2D eigenvalue weighted by Crippen LogP contribution is -2.40. The summed E-state index contributed by atoms with van der Waals surface area (Å²) in [5, 5.41) is 36.1. The number of carboxylic acids is 1. The fourth-order valence-corrected chi connectivity index (χ4v) is 1.35. The van der Waals surface area contributed by atoms with E-state index in [1.54, 1.807) is 0 Å². The predicted octanol–water partition coefficient (Wildman–Crippen LogP) is -0.811. The third-order valence-electron chi connectivity index (χ3n) is 2.16. The molecule has 8 nitrogen and oxygen atoms in total. The number of hydrogen-bond donors (Lipinski definition) is 4. The number of benzene rings is 1. The van der Waals surface area contributed by atoms with Crippen LogP contribution in [0.3, 0.4) is 0 Å². The Morgan fingerprint density at radius 2 is 1.75 bits per heavy atom. The van der Waals surface area contributed by atoms with Crippen LogP contribution < -0.4 is 0 Å². The van der Waals surface area contributed by atoms with Crippen LogP contribution in [0.1, 0.15) is 20.7 Å². The number of rotatable bonds is 7. The summed E-state index contributed by atoms with van der Waals surface area (Å²) < 4.78 is 8.98. The largest absolute Gasteiger partial charge is 0.478 e. The van der Waals surface area contributed by atoms with E-state index in [1.165, 1.54) is 24.3 Å². The Morgan fingerprint density at radius 1 is 1.15 bits per heavy atom. The summed E-state index contributed by atoms with van der Waals surface area (Å²) >= 11 is 0. The number of aromatic carboxylic acids is 1. The normalized spacial score (nSPS) is 11.2. The molecular weight excluding hydrogens is 272 g/mol. The quantitative estimate of drug-likeness (QED) is 0.290. The van der Waals surface area contributed by atoms with E-state index >= 15 is 0 Å². The highest BCUT2D eigenvalue weighted by Crippen LogP contribution is 2.14. The highest BCUT2D eigenvalue weighted by Gasteiger charge is 2.31. The minimum absolute atomic E-state index is 0.174. The minimum Gasteiger partial charge on any atom is -0.478 e. The molecule has 0 saturated heterocycles. The van der Waals surface area contributed by atoms with Crippen LogP contribution in [0.5, 0.6) is 0 Å². The van der Waals surface area contributed by atoms with Crippen LogP contribution in [-0.2, 0) is 9.47 Å². The van der Waals surface area contributed by atoms with Crippen molar-refractivity contribution < 1.29 is 39.5 Å². The number of hydrogen-bond acceptors (Lipinski definition) is 7. The van der Waals surface area contributed by atoms with Gasteiger partial charge in [0.2, 0.25) is 0 Å². The zero-order chi connectivity index (χ0) is 15.2. The zero-order valence-electron chi connectivity index (χ0n) is 10.4. The standard InChI is InChI=1S/C12H14O8/c13-5-6-19-7-12(17,18)20-11(16)9-4-2-1-3-8(9)10(14)15/h1-4,13,17-18H,5-7H2,(H,14,15). The maximum Gasteiger partial charge on any atom is 0.349 e. The molecule has 20 heavy (non-hydrogen) atoms. The summed E-state index contributed by atoms with van der Waals surface area (Å²) in [6.45, 7) is -1.30. The van der Waals surface area contributed by atoms with Crippen molar-refractivity contribution in [2.24, 2.45) is 0 Å². The molecule has 0 atom stereocenters. The molecule has 1 rings (SSSR count). The zero-order valence-corrected chi connectivity index (χ0v) is 10.4. The fourth-order valence-electron chi connectivity index (χ4n) is 1.35. The molecule has 0 unspecified atom stereocenters. The maximum absolute atomic E-state index is 11.7. The van der Waals surface area contributed by atoms with E-state index in [1.807, 2.05) is 0 Å². The molecule has 0 saturated carbocycles. The van der Waals surface area contributed by atoms with Gasteiger partial charge >= 0.3 is 17.9 Å². The van der Waals surface area contributed by atoms with Crippen molar-refractivity contribution in [3.8, 4) is 0 Å². The number of aliphatic hydroxyl groups excluding tert-OH is 1. The van der Waals surface area contributed by atoms with Crippen LogP contribution >= 0.6 is 0 Å². The molecule has 0 aliphatic heterocycles. The van der Waals surface area contributed by atoms with Gasteiger partial charge in [-0.05, 0) is 12.1 Å². The molecule has 0 heterocycles. The lowest BCUT2D eigenvalue weighted by Gasteiger charge is -2.21. The Labute approximate surface area is 113 Å². The van der Waals surface area contributed by atoms with E-state index in [0.29, 0.717) is 0 Å². The van der Waals surface area contributed by atoms with Crippen LogP contribution in [0.2, 0.25) is 0 Å². The summed E-state index contributed by atoms with van der Waals surface area (Å²) in [4.78, 5) is 22.6. The molecule has 1 aromatic carbocycles. The lowest BCUT2D eigenvalue weighted by molar-refractivity contribution is -0.327. The summed E-state index contributed by atoms with van der Waals surface area (Å²) in [5.74, 6) is -5.49. The molecule has 0 fully saturated rings. The van der Waals surface area contributed by atoms with Gasteiger partial charge < -0.3 is 29.9 Å². The van der Waals surface area contributed by atoms with Crippen molar-refractivity contribution >= 4 is 11.9 Å². The average Bonchev–Trinajstić information content (AvgIpc) is 2.38. The molecule has 0 radical (unpaired) electrons. The highest BCUT2D eigenvalue weighted by molar-refractivity contribution is 6.02. The molecule has 0 spiro atoms. The first kappa shape index (κ1) is 16.1. The Kier molecular flexibility index (Phi) is 5.59. The van der Waals surface area contributed by atoms with Gasteiger partial charge in [0.25, 0.3) is 0 Å². The van der Waals surface area contributed by atoms with Gasteiger partial charge in [-0.3, -0.25) is 0 Å². The van der Waals surface area contributed by atoms with Crippen molar-refractivity contribution in [2.75, 3.05) is 19.8 Å². The van der Waals surface area contributed by atoms with Gasteiger partial charge in [0.05, 0.1) is 24.3 Å². The number of carbonyl (C=O) groups excluding carboxylic acids is 1. The fraction of sp³-hybridized carbons (Fsp3) is 0.333. The second kappa shape index (κ2) is 6.96. The monoisotopic (exact) mass is 286 g/mol. The van der Waals surface area contributed by atoms with Crippen LogP contribution in [0.25, 0.3) is 0 Å². The molecule has 8 heteroatoms. The van der Waals surface area contributed by atoms with Gasteiger partial charge in [-0.25, -0.2) is 9.59 Å². The number of carbonyl (C=O) groups is 2. The Bertz CT molecular complexity index is 482. The first-order chi connectivity index (χ1) is 9.37. The molecule has 0 bridgehead atoms. The van der Waals surface area contributed by atoms with E-state index in [0.717, 1.165) is 0 Å². The van der Waals surface area contributed by atoms with Crippen LogP contribution in [0, 0.1) is 0 Å². The predicted molar refractivity (Wildman–Crippen MR) is 63.9 cm³/mol. The molecule has 0 amide bonds. The van der Waals surface area contributed by atoms with E-state index in [4.69, 9.17) is 10.2 Å². The lowest BCUT2D eigenvalue weighted by atomic mass is 10.1. The van der Waals surface area contributed by atoms with Crippen LogP contribution in [-0.4, -0.2) is 58.2 Å². The first-order valence-electron chi connectivity index (χ1n) is 5.56. The maximum atomic E-state index is 11.7. The molecule has 110 valence electrons. The Balaban J connectivity index is 2.78. The van der Waals surface area contributed by atoms with Crippen LogP contribution in [0.4, 0.5) is 0 Å². The molecular formula is C12H14O8. The molecule has 0 aromatic heterocycles. The van der Waals surface area contributed by atoms with E-state index in [-0.39, 0.29) is 24.3 Å². The number of ether oxygens (including phenoxy) is 2. The topological polar surface area (TPSA) is 134 Å². The van der Waals surface area contributed by atoms with E-state index in [9.17, 15) is 19.8 Å². The molecule has 0 aliphatic rings. The second-order valence-corrected chi connectivity index (χ2v) is 3.76. The third kappa shape index (κ3) is 4.59. The number of aliphatic hydroxyl groups is 3. The summed E-state index contributed by atoms with van der Waals surface area (Å²) in [5.41, 5.74) is -0.654. The smallest absolute Gasteiger partial charge is 0.349 e. The molecule has 4 N–H and O–H groups in total. The molecule has 1 aromatic rings. The average molecular weight is 286 g/mol. The first-order valence-corrected chi connectivity index (χ1v) is 5.56. The molecule has 0 aliphatic carbocycles. The van der Waals surface area contributed by atoms with Gasteiger partial charge in [0.15, 0.2) is 0 Å². The van der Waals surface area contributed by atoms with Gasteiger partial charge in [-0.1, -0.05) is 12.1 Å². The van der Waals surface area contributed by atoms with Gasteiger partial charge in [0, 0.05) is 0 Å². The van der Waals surface area contributed by atoms with Gasteiger partial charge in [-0.15, -0.1) is 0 Å². The summed E-state index contributed by atoms with van der Waals surface area (Å²) in [6.07, 6.45) is 0. The van der Waals surface area contributed by atoms with Gasteiger partial charge in [-0.2, -0.15) is 0 Å². The number of carboxylic acid groups (broad SMARTS) is 1. The van der Waals surface area contributed by atoms with Crippen LogP contribution in [0.15, 0.2) is 24.3 Å². The van der Waals surface area contributed by atoms with Crippen molar-refractivity contribution in [3.05, 3.63) is 35.4 Å². The Hall–Kier alpha value is -2.00. The van der Waals surface area contributed by atoms with Gasteiger partial charge in [0.1, 0.15) is 6.61 Å². The minimum atomic E-state index is -2.92. The van der Waals surface area contributed by atoms with Crippen molar-refractivity contribution in [1.82, 2.24) is 0 Å². The Morgan fingerprint density at radius 3 is 2.30 bits per heavy atom. The van der Waals surface area contributed by atoms with E-state index in [2.05, 4.69) is 9.47 Å². The number of esters is 1. The second-order valence-electron chi connectivity index (χ2n) is 3.76. The van der Waals surface area contributed by atoms with E-state index < -0.39 is 24.5 Å². The van der Waals surface area contributed by atoms with Crippen molar-refractivity contribution in [2.45, 2.75) is 5.97 Å². The third-order valence-corrected chi connectivity index (χ3v) is 2.16. The van der Waals surface area contributed by atoms with Crippen molar-refractivity contribution in [1.29, 1.82) is 0 Å².